The molecule has 0 heterocycles. The Balaban J connectivity index is 1.49. The van der Waals surface area contributed by atoms with Crippen LogP contribution in [0.5, 0.6) is 0 Å². The molecule has 2 bridgehead atoms. The summed E-state index contributed by atoms with van der Waals surface area (Å²) in [5, 5.41) is 9.06. The highest BCUT2D eigenvalue weighted by Gasteiger charge is 2.61. The van der Waals surface area contributed by atoms with E-state index >= 15 is 0 Å². The minimum Gasteiger partial charge on any atom is -0.335 e. The number of hydrogen-bond donors (Lipinski definition) is 3. The fraction of sp³-hybridized carbons (Fsp3) is 0.636. The molecule has 3 atom stereocenters. The van der Waals surface area contributed by atoms with Gasteiger partial charge in [-0.15, -0.1) is 0 Å². The molecular weight excluding hydrogens is 338 g/mol. The molecule has 1 aromatic rings. The zero-order valence-electron chi connectivity index (χ0n) is 17.2. The summed E-state index contributed by atoms with van der Waals surface area (Å²) >= 11 is 0. The molecule has 3 rings (SSSR count). The smallest absolute Gasteiger partial charge is 0.315 e. The standard InChI is InChI=1S/C22H33N3O2/c1-14(2)19(26)24-17-8-6-15(7-9-17)13-23-20(27)25-18-12-16-10-11-22(18,5)21(16,3)4/h6-9,14,16,18H,10-13H2,1-5H3,(H,24,26)(H2,23,25,27)/t16-,18+,22-/m0/s1. The van der Waals surface area contributed by atoms with Crippen LogP contribution in [-0.4, -0.2) is 18.0 Å². The van der Waals surface area contributed by atoms with E-state index in [2.05, 4.69) is 36.7 Å². The second-order valence-electron chi connectivity index (χ2n) is 9.33. The van der Waals surface area contributed by atoms with E-state index in [9.17, 15) is 9.59 Å². The summed E-state index contributed by atoms with van der Waals surface area (Å²) < 4.78 is 0. The van der Waals surface area contributed by atoms with E-state index in [0.29, 0.717) is 17.9 Å². The van der Waals surface area contributed by atoms with Gasteiger partial charge in [0, 0.05) is 24.2 Å². The molecule has 0 aromatic heterocycles. The van der Waals surface area contributed by atoms with Gasteiger partial charge in [-0.25, -0.2) is 4.79 Å². The number of anilines is 1. The minimum absolute atomic E-state index is 0.00235. The van der Waals surface area contributed by atoms with Crippen molar-refractivity contribution in [3.05, 3.63) is 29.8 Å². The highest BCUT2D eigenvalue weighted by molar-refractivity contribution is 5.92. The van der Waals surface area contributed by atoms with Crippen LogP contribution in [0, 0.1) is 22.7 Å². The molecule has 27 heavy (non-hydrogen) atoms. The van der Waals surface area contributed by atoms with Crippen LogP contribution in [0.4, 0.5) is 10.5 Å². The van der Waals surface area contributed by atoms with Gasteiger partial charge >= 0.3 is 6.03 Å². The lowest BCUT2D eigenvalue weighted by molar-refractivity contribution is -0.118. The molecule has 2 saturated carbocycles. The van der Waals surface area contributed by atoms with Crippen LogP contribution in [0.15, 0.2) is 24.3 Å². The number of carbonyl (C=O) groups excluding carboxylic acids is 2. The van der Waals surface area contributed by atoms with E-state index in [1.165, 1.54) is 12.8 Å². The third-order valence-corrected chi connectivity index (χ3v) is 7.30. The zero-order chi connectivity index (χ0) is 19.8. The lowest BCUT2D eigenvalue weighted by atomic mass is 9.69. The van der Waals surface area contributed by atoms with E-state index in [4.69, 9.17) is 0 Å². The molecule has 0 radical (unpaired) electrons. The van der Waals surface area contributed by atoms with Crippen molar-refractivity contribution < 1.29 is 9.59 Å². The Bertz CT molecular complexity index is 711. The van der Waals surface area contributed by atoms with Gasteiger partial charge in [-0.1, -0.05) is 46.8 Å². The van der Waals surface area contributed by atoms with Crippen LogP contribution in [0.1, 0.15) is 59.4 Å². The van der Waals surface area contributed by atoms with Gasteiger partial charge in [0.2, 0.25) is 5.91 Å². The van der Waals surface area contributed by atoms with E-state index in [1.807, 2.05) is 38.1 Å². The minimum atomic E-state index is -0.0956. The van der Waals surface area contributed by atoms with Crippen LogP contribution in [0.2, 0.25) is 0 Å². The van der Waals surface area contributed by atoms with E-state index < -0.39 is 0 Å². The molecule has 2 aliphatic rings. The van der Waals surface area contributed by atoms with Gasteiger partial charge in [0.25, 0.3) is 0 Å². The summed E-state index contributed by atoms with van der Waals surface area (Å²) in [5.41, 5.74) is 2.26. The Hall–Kier alpha value is -2.04. The number of nitrogens with one attached hydrogen (secondary N) is 3. The first-order chi connectivity index (χ1) is 12.6. The third-order valence-electron chi connectivity index (χ3n) is 7.30. The number of rotatable bonds is 5. The number of hydrogen-bond acceptors (Lipinski definition) is 2. The van der Waals surface area contributed by atoms with E-state index in [1.54, 1.807) is 0 Å². The van der Waals surface area contributed by atoms with Gasteiger partial charge in [0.15, 0.2) is 0 Å². The van der Waals surface area contributed by atoms with Gasteiger partial charge in [-0.3, -0.25) is 4.79 Å². The van der Waals surface area contributed by atoms with E-state index in [-0.39, 0.29) is 29.3 Å². The highest BCUT2D eigenvalue weighted by atomic mass is 16.2. The van der Waals surface area contributed by atoms with Crippen molar-refractivity contribution in [1.29, 1.82) is 0 Å². The number of carbonyl (C=O) groups is 2. The Morgan fingerprint density at radius 2 is 1.81 bits per heavy atom. The number of amides is 3. The fourth-order valence-corrected chi connectivity index (χ4v) is 4.81. The molecule has 1 aromatic carbocycles. The summed E-state index contributed by atoms with van der Waals surface area (Å²) in [6.07, 6.45) is 3.56. The van der Waals surface area contributed by atoms with Crippen molar-refractivity contribution in [1.82, 2.24) is 10.6 Å². The molecular formula is C22H33N3O2. The average molecular weight is 372 g/mol. The Morgan fingerprint density at radius 3 is 2.33 bits per heavy atom. The second-order valence-corrected chi connectivity index (χ2v) is 9.33. The van der Waals surface area contributed by atoms with Crippen LogP contribution >= 0.6 is 0 Å². The lowest BCUT2D eigenvalue weighted by Crippen LogP contribution is -2.49. The van der Waals surface area contributed by atoms with Gasteiger partial charge in [-0.2, -0.15) is 0 Å². The summed E-state index contributed by atoms with van der Waals surface area (Å²) in [4.78, 5) is 24.1. The molecule has 148 valence electrons. The van der Waals surface area contributed by atoms with E-state index in [0.717, 1.165) is 17.7 Å². The monoisotopic (exact) mass is 371 g/mol. The van der Waals surface area contributed by atoms with Crippen molar-refractivity contribution in [2.45, 2.75) is 66.5 Å². The summed E-state index contributed by atoms with van der Waals surface area (Å²) in [7, 11) is 0. The SMILES string of the molecule is CC(C)C(=O)Nc1ccc(CNC(=O)N[C@@H]2C[C@@H]3CC[C@]2(C)C3(C)C)cc1. The van der Waals surface area contributed by atoms with Gasteiger partial charge < -0.3 is 16.0 Å². The first-order valence-corrected chi connectivity index (χ1v) is 10.1. The normalized spacial score (nSPS) is 28.2. The summed E-state index contributed by atoms with van der Waals surface area (Å²) in [6.45, 7) is 11.2. The van der Waals surface area contributed by atoms with Crippen molar-refractivity contribution in [2.75, 3.05) is 5.32 Å². The van der Waals surface area contributed by atoms with Gasteiger partial charge in [0.05, 0.1) is 0 Å². The molecule has 0 spiro atoms. The van der Waals surface area contributed by atoms with Crippen molar-refractivity contribution in [3.63, 3.8) is 0 Å². The predicted octanol–water partition coefficient (Wildman–Crippen LogP) is 4.30. The first kappa shape index (κ1) is 19.7. The average Bonchev–Trinajstić information content (AvgIpc) is 2.94. The Kier molecular flexibility index (Phi) is 5.24. The molecule has 0 aliphatic heterocycles. The lowest BCUT2D eigenvalue weighted by Gasteiger charge is -2.39. The third kappa shape index (κ3) is 3.69. The highest BCUT2D eigenvalue weighted by Crippen LogP contribution is 2.65. The molecule has 3 N–H and O–H groups in total. The van der Waals surface area contributed by atoms with Crippen LogP contribution < -0.4 is 16.0 Å². The van der Waals surface area contributed by atoms with Gasteiger partial charge in [-0.05, 0) is 53.7 Å². The first-order valence-electron chi connectivity index (χ1n) is 10.1. The van der Waals surface area contributed by atoms with Crippen molar-refractivity contribution >= 4 is 17.6 Å². The van der Waals surface area contributed by atoms with Crippen LogP contribution in [0.3, 0.4) is 0 Å². The zero-order valence-corrected chi connectivity index (χ0v) is 17.2. The quantitative estimate of drug-likeness (QED) is 0.722. The molecule has 3 amide bonds. The van der Waals surface area contributed by atoms with Crippen molar-refractivity contribution in [2.24, 2.45) is 22.7 Å². The Labute approximate surface area is 162 Å². The molecule has 5 nitrogen and oxygen atoms in total. The number of benzene rings is 1. The molecule has 0 saturated heterocycles. The molecule has 2 aliphatic carbocycles. The van der Waals surface area contributed by atoms with Crippen LogP contribution in [-0.2, 0) is 11.3 Å². The van der Waals surface area contributed by atoms with Crippen LogP contribution in [0.25, 0.3) is 0 Å². The maximum absolute atomic E-state index is 12.4. The Morgan fingerprint density at radius 1 is 1.15 bits per heavy atom. The van der Waals surface area contributed by atoms with Crippen molar-refractivity contribution in [3.8, 4) is 0 Å². The second kappa shape index (κ2) is 7.17. The number of urea groups is 1. The number of fused-ring (bicyclic) bond motifs is 2. The predicted molar refractivity (Wildman–Crippen MR) is 108 cm³/mol. The summed E-state index contributed by atoms with van der Waals surface area (Å²) in [6, 6.07) is 7.75. The fourth-order valence-electron chi connectivity index (χ4n) is 4.81. The summed E-state index contributed by atoms with van der Waals surface area (Å²) in [5.74, 6) is 0.664. The molecule has 5 heteroatoms. The maximum Gasteiger partial charge on any atom is 0.315 e. The maximum atomic E-state index is 12.4. The molecule has 0 unspecified atom stereocenters. The molecule has 2 fully saturated rings. The largest absolute Gasteiger partial charge is 0.335 e. The van der Waals surface area contributed by atoms with Gasteiger partial charge in [0.1, 0.15) is 0 Å². The topological polar surface area (TPSA) is 70.2 Å².